The summed E-state index contributed by atoms with van der Waals surface area (Å²) in [6.45, 7) is -3.66. The van der Waals surface area contributed by atoms with Crippen LogP contribution in [-0.2, 0) is 16.1 Å². The van der Waals surface area contributed by atoms with Crippen LogP contribution in [0.2, 0.25) is 0 Å². The first-order valence-corrected chi connectivity index (χ1v) is 8.98. The van der Waals surface area contributed by atoms with Crippen LogP contribution in [0.5, 0.6) is 5.75 Å². The Balaban J connectivity index is 1.62. The summed E-state index contributed by atoms with van der Waals surface area (Å²) in [4.78, 5) is 22.4. The molecule has 30 heavy (non-hydrogen) atoms. The molecule has 160 valence electrons. The number of aliphatic hydroxyl groups is 2. The summed E-state index contributed by atoms with van der Waals surface area (Å²) < 4.78 is 42.7. The Morgan fingerprint density at radius 1 is 1.30 bits per heavy atom. The largest absolute Gasteiger partial charge is 0.434 e. The molecule has 0 saturated carbocycles. The molecule has 4 atom stereocenters. The van der Waals surface area contributed by atoms with Gasteiger partial charge in [-0.2, -0.15) is 8.78 Å². The molecule has 0 unspecified atom stereocenters. The Bertz CT molecular complexity index is 1070. The zero-order valence-corrected chi connectivity index (χ0v) is 15.4. The monoisotopic (exact) mass is 424 g/mol. The molecular weight excluding hydrogens is 406 g/mol. The van der Waals surface area contributed by atoms with Gasteiger partial charge < -0.3 is 29.4 Å². The van der Waals surface area contributed by atoms with E-state index >= 15 is 0 Å². The van der Waals surface area contributed by atoms with Crippen LogP contribution in [0, 0.1) is 0 Å². The van der Waals surface area contributed by atoms with E-state index in [0.29, 0.717) is 5.56 Å². The fourth-order valence-electron chi connectivity index (χ4n) is 3.34. The number of imidazole rings is 1. The van der Waals surface area contributed by atoms with E-state index in [-0.39, 0.29) is 23.5 Å². The lowest BCUT2D eigenvalue weighted by atomic mass is 10.1. The summed E-state index contributed by atoms with van der Waals surface area (Å²) in [5.74, 6) is -0.0579. The number of benzene rings is 1. The summed E-state index contributed by atoms with van der Waals surface area (Å²) in [5.41, 5.74) is 0.148. The second-order valence-corrected chi connectivity index (χ2v) is 6.56. The predicted octanol–water partition coefficient (Wildman–Crippen LogP) is 0.557. The molecule has 1 aromatic carbocycles. The lowest BCUT2D eigenvalue weighted by Gasteiger charge is -2.22. The highest BCUT2D eigenvalue weighted by atomic mass is 19.3. The maximum Gasteiger partial charge on any atom is 0.387 e. The van der Waals surface area contributed by atoms with Gasteiger partial charge in [-0.1, -0.05) is 18.2 Å². The number of para-hydroxylation sites is 1. The van der Waals surface area contributed by atoms with Crippen LogP contribution in [0.25, 0.3) is 11.2 Å². The Hall–Kier alpha value is -2.93. The molecule has 0 amide bonds. The Morgan fingerprint density at radius 2 is 2.10 bits per heavy atom. The molecule has 1 aliphatic rings. The van der Waals surface area contributed by atoms with Crippen molar-refractivity contribution in [2.45, 2.75) is 37.8 Å². The van der Waals surface area contributed by atoms with Gasteiger partial charge in [0.15, 0.2) is 17.4 Å². The number of nitrogens with zero attached hydrogens (tertiary/aromatic N) is 3. The van der Waals surface area contributed by atoms with Crippen molar-refractivity contribution in [3.8, 4) is 5.75 Å². The van der Waals surface area contributed by atoms with Gasteiger partial charge in [-0.3, -0.25) is 9.36 Å². The zero-order valence-electron chi connectivity index (χ0n) is 15.4. The number of aromatic nitrogens is 4. The topological polar surface area (TPSA) is 132 Å². The van der Waals surface area contributed by atoms with E-state index < -0.39 is 43.3 Å². The lowest BCUT2D eigenvalue weighted by molar-refractivity contribution is -0.0788. The summed E-state index contributed by atoms with van der Waals surface area (Å²) in [7, 11) is 0. The van der Waals surface area contributed by atoms with E-state index in [1.807, 2.05) is 0 Å². The number of nitrogens with one attached hydrogen (secondary N) is 1. The smallest absolute Gasteiger partial charge is 0.387 e. The molecular formula is C18H18F2N4O6. The van der Waals surface area contributed by atoms with Crippen LogP contribution >= 0.6 is 0 Å². The third-order valence-electron chi connectivity index (χ3n) is 4.75. The number of hydrogen-bond donors (Lipinski definition) is 3. The van der Waals surface area contributed by atoms with Crippen molar-refractivity contribution in [2.75, 3.05) is 6.61 Å². The highest BCUT2D eigenvalue weighted by Gasteiger charge is 2.46. The van der Waals surface area contributed by atoms with Crippen molar-refractivity contribution < 1.29 is 33.2 Å². The molecule has 2 aromatic heterocycles. The molecule has 4 rings (SSSR count). The molecule has 0 aliphatic carbocycles. The second-order valence-electron chi connectivity index (χ2n) is 6.56. The van der Waals surface area contributed by atoms with E-state index in [1.165, 1.54) is 23.3 Å². The van der Waals surface area contributed by atoms with Gasteiger partial charge in [0.25, 0.3) is 5.56 Å². The summed E-state index contributed by atoms with van der Waals surface area (Å²) in [5, 5.41) is 20.1. The number of aliphatic hydroxyl groups excluding tert-OH is 2. The minimum absolute atomic E-state index is 0.0579. The zero-order chi connectivity index (χ0) is 21.3. The van der Waals surface area contributed by atoms with Crippen molar-refractivity contribution in [3.05, 3.63) is 52.8 Å². The number of fused-ring (bicyclic) bond motifs is 1. The van der Waals surface area contributed by atoms with Crippen molar-refractivity contribution in [1.29, 1.82) is 0 Å². The van der Waals surface area contributed by atoms with Gasteiger partial charge in [0.05, 0.1) is 25.9 Å². The number of ether oxygens (including phenoxy) is 3. The van der Waals surface area contributed by atoms with Crippen LogP contribution in [-0.4, -0.2) is 61.3 Å². The number of hydrogen-bond acceptors (Lipinski definition) is 8. The SMILES string of the molecule is O=c1[nH]cnc2c1ncn2[C@@H]1O[C@H](CO)[C@@H](O)[C@H]1OCc1ccccc1OC(F)F. The number of rotatable bonds is 7. The highest BCUT2D eigenvalue weighted by molar-refractivity contribution is 5.68. The highest BCUT2D eigenvalue weighted by Crippen LogP contribution is 2.34. The molecule has 3 heterocycles. The van der Waals surface area contributed by atoms with Crippen molar-refractivity contribution >= 4 is 11.2 Å². The molecule has 3 aromatic rings. The Labute approximate surface area is 167 Å². The predicted molar refractivity (Wildman–Crippen MR) is 96.8 cm³/mol. The van der Waals surface area contributed by atoms with E-state index in [9.17, 15) is 23.8 Å². The first-order valence-electron chi connectivity index (χ1n) is 8.98. The van der Waals surface area contributed by atoms with Gasteiger partial charge in [-0.25, -0.2) is 9.97 Å². The van der Waals surface area contributed by atoms with Gasteiger partial charge >= 0.3 is 6.61 Å². The molecule has 10 nitrogen and oxygen atoms in total. The van der Waals surface area contributed by atoms with E-state index in [2.05, 4.69) is 19.7 Å². The van der Waals surface area contributed by atoms with Crippen molar-refractivity contribution in [1.82, 2.24) is 19.5 Å². The second kappa shape index (κ2) is 8.44. The minimum atomic E-state index is -3.00. The fraction of sp³-hybridized carbons (Fsp3) is 0.389. The third kappa shape index (κ3) is 3.77. The summed E-state index contributed by atoms with van der Waals surface area (Å²) in [6, 6.07) is 6.10. The van der Waals surface area contributed by atoms with Gasteiger partial charge in [0.2, 0.25) is 0 Å². The number of halogens is 2. The Morgan fingerprint density at radius 3 is 2.87 bits per heavy atom. The molecule has 12 heteroatoms. The maximum absolute atomic E-state index is 12.6. The maximum atomic E-state index is 12.6. The average Bonchev–Trinajstić information content (AvgIpc) is 3.28. The first kappa shape index (κ1) is 20.3. The molecule has 0 bridgehead atoms. The molecule has 0 radical (unpaired) electrons. The number of H-pyrrole nitrogens is 1. The summed E-state index contributed by atoms with van der Waals surface area (Å²) in [6.07, 6.45) is -1.67. The standard InChI is InChI=1S/C18H18F2N4O6/c19-18(20)30-10-4-2-1-3-9(10)6-28-14-13(26)11(5-25)29-17(14)24-8-23-12-15(24)21-7-22-16(12)27/h1-4,7-8,11,13-14,17-18,25-26H,5-6H2,(H,21,22,27)/t11-,13-,14-,17-/m1/s1. The quantitative estimate of drug-likeness (QED) is 0.501. The van der Waals surface area contributed by atoms with E-state index in [4.69, 9.17) is 9.47 Å². The molecule has 3 N–H and O–H groups in total. The molecule has 1 fully saturated rings. The minimum Gasteiger partial charge on any atom is -0.434 e. The number of alkyl halides is 2. The van der Waals surface area contributed by atoms with Crippen LogP contribution in [0.15, 0.2) is 41.7 Å². The first-order chi connectivity index (χ1) is 14.5. The third-order valence-corrected chi connectivity index (χ3v) is 4.75. The van der Waals surface area contributed by atoms with Gasteiger partial charge in [0, 0.05) is 5.56 Å². The Kier molecular flexibility index (Phi) is 5.72. The normalized spacial score (nSPS) is 24.0. The van der Waals surface area contributed by atoms with E-state index in [1.54, 1.807) is 18.2 Å². The number of aromatic amines is 1. The average molecular weight is 424 g/mol. The van der Waals surface area contributed by atoms with Gasteiger partial charge in [-0.05, 0) is 6.07 Å². The van der Waals surface area contributed by atoms with Crippen LogP contribution in [0.1, 0.15) is 11.8 Å². The molecule has 1 aliphatic heterocycles. The fourth-order valence-corrected chi connectivity index (χ4v) is 3.34. The summed E-state index contributed by atoms with van der Waals surface area (Å²) >= 11 is 0. The van der Waals surface area contributed by atoms with Crippen LogP contribution in [0.3, 0.4) is 0 Å². The van der Waals surface area contributed by atoms with Gasteiger partial charge in [0.1, 0.15) is 24.1 Å². The van der Waals surface area contributed by atoms with Crippen LogP contribution in [0.4, 0.5) is 8.78 Å². The molecule has 1 saturated heterocycles. The van der Waals surface area contributed by atoms with E-state index in [0.717, 1.165) is 0 Å². The van der Waals surface area contributed by atoms with Crippen LogP contribution < -0.4 is 10.3 Å². The van der Waals surface area contributed by atoms with Crippen molar-refractivity contribution in [3.63, 3.8) is 0 Å². The van der Waals surface area contributed by atoms with Gasteiger partial charge in [-0.15, -0.1) is 0 Å². The molecule has 0 spiro atoms. The lowest BCUT2D eigenvalue weighted by Crippen LogP contribution is -2.35. The van der Waals surface area contributed by atoms with Crippen molar-refractivity contribution in [2.24, 2.45) is 0 Å².